The number of nitrogens with two attached hydrogens (primary N) is 1. The second-order valence-corrected chi connectivity index (χ2v) is 8.10. The number of nitrogens with zero attached hydrogens (tertiary/aromatic N) is 1. The van der Waals surface area contributed by atoms with Crippen LogP contribution in [0.25, 0.3) is 0 Å². The fraction of sp³-hybridized carbons (Fsp3) is 0.600. The number of nitrogens with one attached hydrogen (secondary N) is 1. The van der Waals surface area contributed by atoms with Gasteiger partial charge in [-0.1, -0.05) is 0 Å². The van der Waals surface area contributed by atoms with E-state index in [0.717, 1.165) is 18.8 Å². The molecule has 1 aliphatic rings. The highest BCUT2D eigenvalue weighted by Crippen LogP contribution is 2.37. The molecule has 1 saturated heterocycles. The van der Waals surface area contributed by atoms with Crippen LogP contribution in [0.5, 0.6) is 0 Å². The summed E-state index contributed by atoms with van der Waals surface area (Å²) in [5.41, 5.74) is 0.742. The van der Waals surface area contributed by atoms with Gasteiger partial charge in [0.05, 0.1) is 0 Å². The molecule has 31 heavy (non-hydrogen) atoms. The van der Waals surface area contributed by atoms with E-state index in [-0.39, 0.29) is 23.3 Å². The van der Waals surface area contributed by atoms with Crippen molar-refractivity contribution < 1.29 is 32.6 Å². The van der Waals surface area contributed by atoms with Crippen molar-refractivity contribution in [3.63, 3.8) is 0 Å². The van der Waals surface area contributed by atoms with Gasteiger partial charge in [-0.2, -0.15) is 13.2 Å². The molecule has 1 heterocycles. The van der Waals surface area contributed by atoms with E-state index in [0.29, 0.717) is 45.3 Å². The van der Waals surface area contributed by atoms with Crippen molar-refractivity contribution in [2.45, 2.75) is 29.7 Å². The lowest BCUT2D eigenvalue weighted by atomic mass is 9.81. The average Bonchev–Trinajstić information content (AvgIpc) is 2.74. The lowest BCUT2D eigenvalue weighted by Crippen LogP contribution is -2.42. The molecular weight excluding hydrogens is 435 g/mol. The lowest BCUT2D eigenvalue weighted by Gasteiger charge is -2.28. The Bertz CT molecular complexity index is 661. The van der Waals surface area contributed by atoms with Gasteiger partial charge in [0.1, 0.15) is 11.7 Å². The lowest BCUT2D eigenvalue weighted by molar-refractivity contribution is -0.139. The molecule has 4 N–H and O–H groups in total. The molecule has 1 aromatic rings. The van der Waals surface area contributed by atoms with Crippen LogP contribution < -0.4 is 16.0 Å². The highest BCUT2D eigenvalue weighted by atomic mass is 32.2. The zero-order chi connectivity index (χ0) is 23.3. The van der Waals surface area contributed by atoms with Crippen LogP contribution in [0.4, 0.5) is 18.9 Å². The van der Waals surface area contributed by atoms with Crippen LogP contribution in [0.3, 0.4) is 0 Å². The number of thioether (sulfide) groups is 1. The third kappa shape index (κ3) is 9.90. The third-order valence-corrected chi connectivity index (χ3v) is 5.49. The molecule has 0 radical (unpaired) electrons. The van der Waals surface area contributed by atoms with Crippen molar-refractivity contribution in [1.82, 2.24) is 5.32 Å². The maximum absolute atomic E-state index is 12.3. The average molecular weight is 466 g/mol. The molecule has 1 aromatic carbocycles. The smallest absolute Gasteiger partial charge is 0.396 e. The van der Waals surface area contributed by atoms with Crippen LogP contribution in [-0.4, -0.2) is 69.3 Å². The van der Waals surface area contributed by atoms with Crippen LogP contribution in [-0.2, 0) is 14.3 Å². The van der Waals surface area contributed by atoms with E-state index in [4.69, 9.17) is 15.6 Å². The summed E-state index contributed by atoms with van der Waals surface area (Å²) in [6.07, 6.45) is 2.12. The van der Waals surface area contributed by atoms with Gasteiger partial charge < -0.3 is 30.6 Å². The second-order valence-electron chi connectivity index (χ2n) is 6.96. The number of hydrogen-bond acceptors (Lipinski definition) is 7. The maximum Gasteiger partial charge on any atom is 0.446 e. The van der Waals surface area contributed by atoms with Crippen molar-refractivity contribution in [1.29, 1.82) is 0 Å². The molecule has 11 heteroatoms. The summed E-state index contributed by atoms with van der Waals surface area (Å²) in [5.74, 6) is -0.532. The Labute approximate surface area is 184 Å². The van der Waals surface area contributed by atoms with Crippen molar-refractivity contribution in [2.75, 3.05) is 51.4 Å². The fourth-order valence-electron chi connectivity index (χ4n) is 2.89. The first-order valence-corrected chi connectivity index (χ1v) is 10.7. The van der Waals surface area contributed by atoms with Crippen LogP contribution in [0, 0.1) is 5.41 Å². The minimum Gasteiger partial charge on any atom is -0.396 e. The molecule has 7 nitrogen and oxygen atoms in total. The highest BCUT2D eigenvalue weighted by molar-refractivity contribution is 8.00. The van der Waals surface area contributed by atoms with E-state index in [2.05, 4.69) is 5.32 Å². The third-order valence-electron chi connectivity index (χ3n) is 4.75. The molecule has 0 aliphatic carbocycles. The number of alkyl halides is 3. The van der Waals surface area contributed by atoms with Gasteiger partial charge in [0.15, 0.2) is 0 Å². The Morgan fingerprint density at radius 2 is 1.90 bits per heavy atom. The molecule has 0 spiro atoms. The van der Waals surface area contributed by atoms with Crippen molar-refractivity contribution >= 4 is 29.6 Å². The highest BCUT2D eigenvalue weighted by Gasteiger charge is 2.38. The number of halogens is 3. The number of aldehydes is 1. The normalized spacial score (nSPS) is 15.5. The SMILES string of the molecule is CNCCN(CCCO)c1ccc(SC(F)(F)F)cc1.NC(=O)C1(C=O)CCOCC1. The quantitative estimate of drug-likeness (QED) is 0.276. The molecule has 0 atom stereocenters. The summed E-state index contributed by atoms with van der Waals surface area (Å²) in [7, 11) is 1.84. The Hall–Kier alpha value is -1.82. The fourth-order valence-corrected chi connectivity index (χ4v) is 3.43. The molecule has 0 unspecified atom stereocenters. The van der Waals surface area contributed by atoms with Crippen molar-refractivity contribution in [3.05, 3.63) is 24.3 Å². The summed E-state index contributed by atoms with van der Waals surface area (Å²) < 4.78 is 41.8. The first kappa shape index (κ1) is 27.2. The summed E-state index contributed by atoms with van der Waals surface area (Å²) in [6.45, 7) is 3.16. The molecule has 0 aromatic heterocycles. The molecule has 1 fully saturated rings. The predicted molar refractivity (Wildman–Crippen MR) is 114 cm³/mol. The van der Waals surface area contributed by atoms with E-state index in [1.54, 1.807) is 12.1 Å². The van der Waals surface area contributed by atoms with Crippen LogP contribution >= 0.6 is 11.8 Å². The number of carbonyl (C=O) groups excluding carboxylic acids is 2. The van der Waals surface area contributed by atoms with E-state index in [9.17, 15) is 22.8 Å². The van der Waals surface area contributed by atoms with Crippen molar-refractivity contribution in [3.8, 4) is 0 Å². The summed E-state index contributed by atoms with van der Waals surface area (Å²) in [6, 6.07) is 6.31. The predicted octanol–water partition coefficient (Wildman–Crippen LogP) is 2.17. The largest absolute Gasteiger partial charge is 0.446 e. The van der Waals surface area contributed by atoms with Gasteiger partial charge in [-0.05, 0) is 62.3 Å². The standard InChI is InChI=1S/C13H19F3N2OS.C7H11NO3/c1-17-7-9-18(8-2-10-19)11-3-5-12(6-4-11)20-13(14,15)16;8-6(10)7(5-9)1-3-11-4-2-7/h3-6,17,19H,2,7-10H2,1H3;5H,1-4H2,(H2,8,10). The summed E-state index contributed by atoms with van der Waals surface area (Å²) >= 11 is -0.114. The van der Waals surface area contributed by atoms with Gasteiger partial charge in [-0.15, -0.1) is 0 Å². The Morgan fingerprint density at radius 1 is 1.29 bits per heavy atom. The van der Waals surface area contributed by atoms with Crippen molar-refractivity contribution in [2.24, 2.45) is 11.1 Å². The molecule has 176 valence electrons. The molecule has 0 bridgehead atoms. The number of rotatable bonds is 10. The van der Waals surface area contributed by atoms with E-state index in [1.165, 1.54) is 12.1 Å². The molecule has 0 saturated carbocycles. The van der Waals surface area contributed by atoms with Gasteiger partial charge in [0.2, 0.25) is 5.91 Å². The number of ether oxygens (including phenoxy) is 1. The van der Waals surface area contributed by atoms with Gasteiger partial charge in [-0.25, -0.2) is 0 Å². The minimum absolute atomic E-state index is 0.0953. The number of aliphatic hydroxyl groups is 1. The Balaban J connectivity index is 0.000000367. The van der Waals surface area contributed by atoms with E-state index in [1.807, 2.05) is 11.9 Å². The Morgan fingerprint density at radius 3 is 2.32 bits per heavy atom. The number of aliphatic hydroxyl groups excluding tert-OH is 1. The number of benzene rings is 1. The van der Waals surface area contributed by atoms with Crippen LogP contribution in [0.2, 0.25) is 0 Å². The van der Waals surface area contributed by atoms with E-state index >= 15 is 0 Å². The zero-order valence-electron chi connectivity index (χ0n) is 17.5. The van der Waals surface area contributed by atoms with Gasteiger partial charge >= 0.3 is 5.51 Å². The number of carbonyl (C=O) groups is 2. The monoisotopic (exact) mass is 465 g/mol. The van der Waals surface area contributed by atoms with Gasteiger partial charge in [-0.3, -0.25) is 4.79 Å². The summed E-state index contributed by atoms with van der Waals surface area (Å²) in [4.78, 5) is 23.6. The zero-order valence-corrected chi connectivity index (χ0v) is 18.3. The van der Waals surface area contributed by atoms with Crippen LogP contribution in [0.15, 0.2) is 29.2 Å². The molecule has 2 rings (SSSR count). The van der Waals surface area contributed by atoms with E-state index < -0.39 is 16.8 Å². The summed E-state index contributed by atoms with van der Waals surface area (Å²) in [5, 5.41) is 11.9. The Kier molecular flexibility index (Phi) is 11.9. The number of primary amides is 1. The molecule has 1 amide bonds. The van der Waals surface area contributed by atoms with Gasteiger partial charge in [0, 0.05) is 50.0 Å². The minimum atomic E-state index is -4.26. The number of amides is 1. The first-order valence-electron chi connectivity index (χ1n) is 9.87. The molecular formula is C20H30F3N3O4S. The maximum atomic E-state index is 12.3. The first-order chi connectivity index (χ1) is 14.7. The topological polar surface area (TPSA) is 105 Å². The van der Waals surface area contributed by atoms with Gasteiger partial charge in [0.25, 0.3) is 0 Å². The second kappa shape index (κ2) is 13.6. The van der Waals surface area contributed by atoms with Crippen LogP contribution in [0.1, 0.15) is 19.3 Å². The number of anilines is 1. The molecule has 1 aliphatic heterocycles. The number of likely N-dealkylation sites (N-methyl/N-ethyl adjacent to an activating group) is 1. The number of hydrogen-bond donors (Lipinski definition) is 3.